The topological polar surface area (TPSA) is 60.8 Å². The fourth-order valence-electron chi connectivity index (χ4n) is 2.57. The zero-order valence-electron chi connectivity index (χ0n) is 16.6. The number of alkyl halides is 3. The standard InChI is InChI=1S/C23H19F3N2O3/c1-16(28-31-14-17-7-10-20(11-8-17)23(24,25)26)19-9-12-22(27-13-19)30-15-21(29)18-5-3-2-4-6-18/h2-13H,14-15H2,1H3. The predicted octanol–water partition coefficient (Wildman–Crippen LogP) is 5.30. The first-order valence-electron chi connectivity index (χ1n) is 9.33. The molecule has 0 saturated carbocycles. The summed E-state index contributed by atoms with van der Waals surface area (Å²) in [6, 6.07) is 16.8. The molecule has 0 amide bonds. The lowest BCUT2D eigenvalue weighted by molar-refractivity contribution is -0.137. The largest absolute Gasteiger partial charge is 0.469 e. The zero-order valence-corrected chi connectivity index (χ0v) is 16.6. The molecule has 0 aliphatic heterocycles. The summed E-state index contributed by atoms with van der Waals surface area (Å²) in [5.74, 6) is 0.146. The molecule has 0 saturated heterocycles. The fraction of sp³-hybridized carbons (Fsp3) is 0.174. The van der Waals surface area contributed by atoms with Gasteiger partial charge in [-0.1, -0.05) is 47.6 Å². The molecule has 0 aliphatic carbocycles. The van der Waals surface area contributed by atoms with E-state index in [1.165, 1.54) is 18.3 Å². The van der Waals surface area contributed by atoms with Gasteiger partial charge in [0.05, 0.1) is 11.3 Å². The average Bonchev–Trinajstić information content (AvgIpc) is 2.78. The van der Waals surface area contributed by atoms with Gasteiger partial charge in [0.2, 0.25) is 5.88 Å². The highest BCUT2D eigenvalue weighted by Crippen LogP contribution is 2.29. The van der Waals surface area contributed by atoms with Crippen molar-refractivity contribution in [3.63, 3.8) is 0 Å². The molecule has 160 valence electrons. The van der Waals surface area contributed by atoms with Crippen LogP contribution in [-0.2, 0) is 17.6 Å². The number of rotatable bonds is 8. The van der Waals surface area contributed by atoms with Crippen molar-refractivity contribution in [2.45, 2.75) is 19.7 Å². The van der Waals surface area contributed by atoms with Crippen molar-refractivity contribution >= 4 is 11.5 Å². The van der Waals surface area contributed by atoms with Crippen LogP contribution in [0.3, 0.4) is 0 Å². The van der Waals surface area contributed by atoms with Crippen molar-refractivity contribution in [2.75, 3.05) is 6.61 Å². The third-order valence-electron chi connectivity index (χ3n) is 4.31. The van der Waals surface area contributed by atoms with Crippen molar-refractivity contribution in [3.05, 3.63) is 95.2 Å². The Morgan fingerprint density at radius 2 is 1.68 bits per heavy atom. The highest BCUT2D eigenvalue weighted by Gasteiger charge is 2.29. The second-order valence-electron chi connectivity index (χ2n) is 6.61. The third-order valence-corrected chi connectivity index (χ3v) is 4.31. The maximum atomic E-state index is 12.6. The molecule has 1 aromatic heterocycles. The molecule has 2 aromatic carbocycles. The van der Waals surface area contributed by atoms with Crippen LogP contribution in [0.25, 0.3) is 0 Å². The van der Waals surface area contributed by atoms with Crippen LogP contribution in [0.5, 0.6) is 5.88 Å². The van der Waals surface area contributed by atoms with E-state index in [4.69, 9.17) is 9.57 Å². The number of hydrogen-bond donors (Lipinski definition) is 0. The lowest BCUT2D eigenvalue weighted by Crippen LogP contribution is -2.12. The quantitative estimate of drug-likeness (QED) is 0.277. The third kappa shape index (κ3) is 6.40. The van der Waals surface area contributed by atoms with E-state index < -0.39 is 11.7 Å². The van der Waals surface area contributed by atoms with Gasteiger partial charge >= 0.3 is 6.18 Å². The number of aromatic nitrogens is 1. The first-order valence-corrected chi connectivity index (χ1v) is 9.33. The Morgan fingerprint density at radius 3 is 2.29 bits per heavy atom. The summed E-state index contributed by atoms with van der Waals surface area (Å²) in [6.07, 6.45) is -2.84. The molecule has 0 atom stereocenters. The van der Waals surface area contributed by atoms with Crippen LogP contribution in [0.1, 0.15) is 34.0 Å². The maximum Gasteiger partial charge on any atom is 0.416 e. The minimum atomic E-state index is -4.37. The minimum absolute atomic E-state index is 0.0334. The van der Waals surface area contributed by atoms with Gasteiger partial charge in [0.15, 0.2) is 12.4 Å². The number of ketones is 1. The molecule has 0 radical (unpaired) electrons. The molecule has 5 nitrogen and oxygen atoms in total. The van der Waals surface area contributed by atoms with Gasteiger partial charge in [-0.25, -0.2) is 4.98 Å². The number of ether oxygens (including phenoxy) is 1. The van der Waals surface area contributed by atoms with Gasteiger partial charge in [-0.3, -0.25) is 4.79 Å². The van der Waals surface area contributed by atoms with E-state index in [1.54, 1.807) is 43.3 Å². The van der Waals surface area contributed by atoms with Gasteiger partial charge in [0.1, 0.15) is 6.61 Å². The molecule has 1 heterocycles. The molecular formula is C23H19F3N2O3. The Balaban J connectivity index is 1.50. The van der Waals surface area contributed by atoms with Gasteiger partial charge in [-0.05, 0) is 30.7 Å². The van der Waals surface area contributed by atoms with E-state index in [0.717, 1.165) is 12.1 Å². The van der Waals surface area contributed by atoms with Crippen LogP contribution in [0.2, 0.25) is 0 Å². The first kappa shape index (κ1) is 22.0. The number of Topliss-reactive ketones (excluding diaryl/α,β-unsaturated/α-hetero) is 1. The van der Waals surface area contributed by atoms with Crippen molar-refractivity contribution in [1.82, 2.24) is 4.98 Å². The molecule has 3 aromatic rings. The summed E-state index contributed by atoms with van der Waals surface area (Å²) in [4.78, 5) is 21.4. The first-order chi connectivity index (χ1) is 14.8. The van der Waals surface area contributed by atoms with E-state index in [-0.39, 0.29) is 19.0 Å². The highest BCUT2D eigenvalue weighted by molar-refractivity contribution is 5.98. The Morgan fingerprint density at radius 1 is 0.968 bits per heavy atom. The fourth-order valence-corrected chi connectivity index (χ4v) is 2.57. The normalized spacial score (nSPS) is 11.8. The average molecular weight is 428 g/mol. The number of pyridine rings is 1. The molecule has 8 heteroatoms. The zero-order chi connectivity index (χ0) is 22.3. The van der Waals surface area contributed by atoms with Crippen molar-refractivity contribution in [2.24, 2.45) is 5.16 Å². The maximum absolute atomic E-state index is 12.6. The number of carbonyl (C=O) groups is 1. The number of oxime groups is 1. The van der Waals surface area contributed by atoms with Gasteiger partial charge in [-0.15, -0.1) is 0 Å². The lowest BCUT2D eigenvalue weighted by Gasteiger charge is -2.08. The van der Waals surface area contributed by atoms with Crippen LogP contribution in [-0.4, -0.2) is 23.1 Å². The van der Waals surface area contributed by atoms with Crippen LogP contribution < -0.4 is 4.74 Å². The van der Waals surface area contributed by atoms with Gasteiger partial charge < -0.3 is 9.57 Å². The Hall–Kier alpha value is -3.68. The van der Waals surface area contributed by atoms with Crippen LogP contribution in [0.15, 0.2) is 78.1 Å². The molecule has 0 bridgehead atoms. The van der Waals surface area contributed by atoms with E-state index >= 15 is 0 Å². The molecule has 0 fully saturated rings. The molecular weight excluding hydrogens is 409 g/mol. The Labute approximate surface area is 177 Å². The summed E-state index contributed by atoms with van der Waals surface area (Å²) in [5.41, 5.74) is 1.62. The van der Waals surface area contributed by atoms with E-state index in [0.29, 0.717) is 28.3 Å². The Bertz CT molecular complexity index is 1030. The van der Waals surface area contributed by atoms with E-state index in [9.17, 15) is 18.0 Å². The summed E-state index contributed by atoms with van der Waals surface area (Å²) in [7, 11) is 0. The summed E-state index contributed by atoms with van der Waals surface area (Å²) < 4.78 is 43.1. The minimum Gasteiger partial charge on any atom is -0.469 e. The summed E-state index contributed by atoms with van der Waals surface area (Å²) in [6.45, 7) is 1.62. The van der Waals surface area contributed by atoms with E-state index in [1.807, 2.05) is 6.07 Å². The number of benzene rings is 2. The predicted molar refractivity (Wildman–Crippen MR) is 109 cm³/mol. The number of nitrogens with zero attached hydrogens (tertiary/aromatic N) is 2. The van der Waals surface area contributed by atoms with E-state index in [2.05, 4.69) is 10.1 Å². The number of carbonyl (C=O) groups excluding carboxylic acids is 1. The highest BCUT2D eigenvalue weighted by atomic mass is 19.4. The molecule has 0 aliphatic rings. The van der Waals surface area contributed by atoms with Gasteiger partial charge in [-0.2, -0.15) is 13.2 Å². The molecule has 3 rings (SSSR count). The molecule has 31 heavy (non-hydrogen) atoms. The SMILES string of the molecule is CC(=NOCc1ccc(C(F)(F)F)cc1)c1ccc(OCC(=O)c2ccccc2)nc1. The lowest BCUT2D eigenvalue weighted by atomic mass is 10.1. The second kappa shape index (κ2) is 9.88. The van der Waals surface area contributed by atoms with Crippen LogP contribution in [0.4, 0.5) is 13.2 Å². The molecule has 0 unspecified atom stereocenters. The second-order valence-corrected chi connectivity index (χ2v) is 6.61. The van der Waals surface area contributed by atoms with Crippen LogP contribution in [0, 0.1) is 0 Å². The smallest absolute Gasteiger partial charge is 0.416 e. The Kier molecular flexibility index (Phi) is 7.02. The number of halogens is 3. The van der Waals surface area contributed by atoms with Crippen molar-refractivity contribution < 1.29 is 27.5 Å². The van der Waals surface area contributed by atoms with Crippen LogP contribution >= 0.6 is 0 Å². The molecule has 0 spiro atoms. The summed E-state index contributed by atoms with van der Waals surface area (Å²) >= 11 is 0. The molecule has 0 N–H and O–H groups in total. The monoisotopic (exact) mass is 428 g/mol. The van der Waals surface area contributed by atoms with Crippen molar-refractivity contribution in [3.8, 4) is 5.88 Å². The van der Waals surface area contributed by atoms with Gasteiger partial charge in [0.25, 0.3) is 0 Å². The van der Waals surface area contributed by atoms with Crippen molar-refractivity contribution in [1.29, 1.82) is 0 Å². The number of hydrogen-bond acceptors (Lipinski definition) is 5. The summed E-state index contributed by atoms with van der Waals surface area (Å²) in [5, 5.41) is 3.96. The van der Waals surface area contributed by atoms with Gasteiger partial charge in [0, 0.05) is 23.4 Å².